The number of carbonyl (C=O) groups is 1. The van der Waals surface area contributed by atoms with Crippen molar-refractivity contribution < 1.29 is 17.9 Å². The van der Waals surface area contributed by atoms with Gasteiger partial charge in [0.15, 0.2) is 0 Å². The minimum atomic E-state index is -4.05. The summed E-state index contributed by atoms with van der Waals surface area (Å²) in [5.41, 5.74) is 0.736. The Morgan fingerprint density at radius 1 is 1.03 bits per heavy atom. The number of carbonyl (C=O) groups excluding carboxylic acids is 1. The van der Waals surface area contributed by atoms with Gasteiger partial charge in [0.05, 0.1) is 22.7 Å². The van der Waals surface area contributed by atoms with Crippen LogP contribution in [0.2, 0.25) is 10.0 Å². The Kier molecular flexibility index (Phi) is 7.48. The molecule has 0 unspecified atom stereocenters. The summed E-state index contributed by atoms with van der Waals surface area (Å²) in [6, 6.07) is 17.0. The highest BCUT2D eigenvalue weighted by Crippen LogP contribution is 2.28. The quantitative estimate of drug-likeness (QED) is 0.421. The summed E-state index contributed by atoms with van der Waals surface area (Å²) in [4.78, 5) is 12.7. The number of sulfonamides is 1. The predicted octanol–water partition coefficient (Wildman–Crippen LogP) is 5.60. The molecule has 0 radical (unpaired) electrons. The van der Waals surface area contributed by atoms with Gasteiger partial charge in [-0.1, -0.05) is 23.2 Å². The number of ether oxygens (including phenoxy) is 1. The van der Waals surface area contributed by atoms with Crippen molar-refractivity contribution in [3.8, 4) is 5.75 Å². The standard InChI is InChI=1S/C21H17BrCl2N2O4S/c1-30-17-7-9-18(10-8-17)31(28,29)26(16-5-2-14(23)3-6-16)13-21(27)25-15-4-11-19(22)20(24)12-15/h2-12H,13H2,1H3,(H,25,27). The molecule has 31 heavy (non-hydrogen) atoms. The lowest BCUT2D eigenvalue weighted by Crippen LogP contribution is -2.38. The summed E-state index contributed by atoms with van der Waals surface area (Å²) < 4.78 is 33.5. The summed E-state index contributed by atoms with van der Waals surface area (Å²) in [7, 11) is -2.57. The molecule has 10 heteroatoms. The number of nitrogens with zero attached hydrogens (tertiary/aromatic N) is 1. The summed E-state index contributed by atoms with van der Waals surface area (Å²) >= 11 is 15.3. The number of rotatable bonds is 7. The van der Waals surface area contributed by atoms with Crippen molar-refractivity contribution in [3.63, 3.8) is 0 Å². The minimum Gasteiger partial charge on any atom is -0.497 e. The van der Waals surface area contributed by atoms with Crippen LogP contribution in [0.3, 0.4) is 0 Å². The molecule has 0 fully saturated rings. The van der Waals surface area contributed by atoms with E-state index in [0.717, 1.165) is 4.31 Å². The van der Waals surface area contributed by atoms with Crippen LogP contribution in [0.15, 0.2) is 76.1 Å². The molecule has 3 aromatic rings. The molecule has 1 amide bonds. The number of benzene rings is 3. The van der Waals surface area contributed by atoms with Gasteiger partial charge in [-0.3, -0.25) is 9.10 Å². The van der Waals surface area contributed by atoms with E-state index >= 15 is 0 Å². The second-order valence-electron chi connectivity index (χ2n) is 6.34. The number of nitrogens with one attached hydrogen (secondary N) is 1. The molecule has 0 atom stereocenters. The maximum atomic E-state index is 13.3. The Labute approximate surface area is 198 Å². The van der Waals surface area contributed by atoms with Crippen LogP contribution >= 0.6 is 39.1 Å². The molecule has 3 aromatic carbocycles. The number of hydrogen-bond donors (Lipinski definition) is 1. The molecule has 6 nitrogen and oxygen atoms in total. The van der Waals surface area contributed by atoms with E-state index in [2.05, 4.69) is 21.2 Å². The monoisotopic (exact) mass is 542 g/mol. The zero-order chi connectivity index (χ0) is 22.6. The molecule has 0 aromatic heterocycles. The third-order valence-electron chi connectivity index (χ3n) is 4.25. The van der Waals surface area contributed by atoms with Crippen molar-refractivity contribution in [3.05, 3.63) is 81.2 Å². The first kappa shape index (κ1) is 23.4. The van der Waals surface area contributed by atoms with Gasteiger partial charge in [-0.2, -0.15) is 0 Å². The highest BCUT2D eigenvalue weighted by atomic mass is 79.9. The molecule has 0 aliphatic rings. The number of methoxy groups -OCH3 is 1. The first-order valence-corrected chi connectivity index (χ1v) is 11.9. The van der Waals surface area contributed by atoms with E-state index in [9.17, 15) is 13.2 Å². The second kappa shape index (κ2) is 9.91. The molecule has 0 saturated carbocycles. The van der Waals surface area contributed by atoms with Crippen molar-refractivity contribution in [1.29, 1.82) is 0 Å². The lowest BCUT2D eigenvalue weighted by molar-refractivity contribution is -0.114. The Morgan fingerprint density at radius 2 is 1.68 bits per heavy atom. The predicted molar refractivity (Wildman–Crippen MR) is 127 cm³/mol. The molecule has 0 saturated heterocycles. The lowest BCUT2D eigenvalue weighted by atomic mass is 10.3. The molecule has 1 N–H and O–H groups in total. The van der Waals surface area contributed by atoms with Gasteiger partial charge in [-0.05, 0) is 82.7 Å². The van der Waals surface area contributed by atoms with E-state index in [1.54, 1.807) is 30.3 Å². The minimum absolute atomic E-state index is 0.0164. The Hall–Kier alpha value is -2.26. The first-order chi connectivity index (χ1) is 14.7. The number of amides is 1. The fourth-order valence-electron chi connectivity index (χ4n) is 2.70. The Morgan fingerprint density at radius 3 is 2.26 bits per heavy atom. The van der Waals surface area contributed by atoms with Crippen LogP contribution < -0.4 is 14.4 Å². The third-order valence-corrected chi connectivity index (χ3v) is 7.53. The van der Waals surface area contributed by atoms with Crippen LogP contribution in [-0.4, -0.2) is 28.0 Å². The van der Waals surface area contributed by atoms with E-state index < -0.39 is 22.5 Å². The average molecular weight is 544 g/mol. The topological polar surface area (TPSA) is 75.7 Å². The fourth-order valence-corrected chi connectivity index (χ4v) is 4.68. The van der Waals surface area contributed by atoms with Gasteiger partial charge in [-0.15, -0.1) is 0 Å². The first-order valence-electron chi connectivity index (χ1n) is 8.88. The summed E-state index contributed by atoms with van der Waals surface area (Å²) in [6.07, 6.45) is 0. The molecule has 0 spiro atoms. The van der Waals surface area contributed by atoms with Crippen LogP contribution in [0.5, 0.6) is 5.75 Å². The van der Waals surface area contributed by atoms with Crippen LogP contribution in [-0.2, 0) is 14.8 Å². The van der Waals surface area contributed by atoms with Crippen LogP contribution in [0, 0.1) is 0 Å². The van der Waals surface area contributed by atoms with E-state index in [1.165, 1.54) is 43.5 Å². The molecule has 3 rings (SSSR count). The molecule has 162 valence electrons. The SMILES string of the molecule is COc1ccc(S(=O)(=O)N(CC(=O)Nc2ccc(Br)c(Cl)c2)c2ccc(Cl)cc2)cc1. The third kappa shape index (κ3) is 5.71. The van der Waals surface area contributed by atoms with Gasteiger partial charge in [0.1, 0.15) is 12.3 Å². The van der Waals surface area contributed by atoms with Crippen molar-refractivity contribution >= 4 is 66.4 Å². The molecular weight excluding hydrogens is 527 g/mol. The number of halogens is 3. The van der Waals surface area contributed by atoms with Crippen LogP contribution in [0.4, 0.5) is 11.4 Å². The van der Waals surface area contributed by atoms with Gasteiger partial charge in [-0.25, -0.2) is 8.42 Å². The number of hydrogen-bond acceptors (Lipinski definition) is 4. The molecule has 0 aliphatic heterocycles. The second-order valence-corrected chi connectivity index (χ2v) is 9.90. The molecule has 0 bridgehead atoms. The summed E-state index contributed by atoms with van der Waals surface area (Å²) in [5.74, 6) is -0.0210. The zero-order valence-corrected chi connectivity index (χ0v) is 20.1. The van der Waals surface area contributed by atoms with Gasteiger partial charge in [0.25, 0.3) is 10.0 Å². The van der Waals surface area contributed by atoms with Gasteiger partial charge in [0, 0.05) is 15.2 Å². The van der Waals surface area contributed by atoms with E-state index in [-0.39, 0.29) is 4.90 Å². The summed E-state index contributed by atoms with van der Waals surface area (Å²) in [6.45, 7) is -0.455. The van der Waals surface area contributed by atoms with Gasteiger partial charge in [0.2, 0.25) is 5.91 Å². The Bertz CT molecular complexity index is 1190. The van der Waals surface area contributed by atoms with E-state index in [4.69, 9.17) is 27.9 Å². The molecule has 0 heterocycles. The highest BCUT2D eigenvalue weighted by molar-refractivity contribution is 9.10. The fraction of sp³-hybridized carbons (Fsp3) is 0.0952. The van der Waals surface area contributed by atoms with Crippen molar-refractivity contribution in [2.24, 2.45) is 0 Å². The smallest absolute Gasteiger partial charge is 0.264 e. The van der Waals surface area contributed by atoms with Crippen molar-refractivity contribution in [2.75, 3.05) is 23.3 Å². The van der Waals surface area contributed by atoms with E-state index in [1.807, 2.05) is 0 Å². The zero-order valence-electron chi connectivity index (χ0n) is 16.2. The van der Waals surface area contributed by atoms with Crippen LogP contribution in [0.25, 0.3) is 0 Å². The lowest BCUT2D eigenvalue weighted by Gasteiger charge is -2.24. The van der Waals surface area contributed by atoms with Crippen molar-refractivity contribution in [1.82, 2.24) is 0 Å². The molecule has 0 aliphatic carbocycles. The normalized spacial score (nSPS) is 11.1. The molecular formula is C21H17BrCl2N2O4S. The largest absolute Gasteiger partial charge is 0.497 e. The summed E-state index contributed by atoms with van der Waals surface area (Å²) in [5, 5.41) is 3.53. The maximum absolute atomic E-state index is 13.3. The average Bonchev–Trinajstić information content (AvgIpc) is 2.75. The maximum Gasteiger partial charge on any atom is 0.264 e. The Balaban J connectivity index is 1.92. The van der Waals surface area contributed by atoms with Gasteiger partial charge >= 0.3 is 0 Å². The van der Waals surface area contributed by atoms with E-state index in [0.29, 0.717) is 31.6 Å². The van der Waals surface area contributed by atoms with Crippen molar-refractivity contribution in [2.45, 2.75) is 4.90 Å². The highest BCUT2D eigenvalue weighted by Gasteiger charge is 2.27. The number of anilines is 2. The van der Waals surface area contributed by atoms with Gasteiger partial charge < -0.3 is 10.1 Å². The van der Waals surface area contributed by atoms with Crippen LogP contribution in [0.1, 0.15) is 0 Å².